The van der Waals surface area contributed by atoms with Gasteiger partial charge in [0.15, 0.2) is 5.65 Å². The summed E-state index contributed by atoms with van der Waals surface area (Å²) in [5.41, 5.74) is 3.15. The highest BCUT2D eigenvalue weighted by Crippen LogP contribution is 2.20. The third-order valence-electron chi connectivity index (χ3n) is 4.40. The molecule has 144 valence electrons. The van der Waals surface area contributed by atoms with Crippen LogP contribution in [0.15, 0.2) is 29.3 Å². The second-order valence-corrected chi connectivity index (χ2v) is 7.00. The predicted molar refractivity (Wildman–Crippen MR) is 103 cm³/mol. The molecule has 1 atom stereocenters. The van der Waals surface area contributed by atoms with Crippen molar-refractivity contribution < 1.29 is 4.74 Å². The Labute approximate surface area is 158 Å². The maximum atomic E-state index is 12.4. The number of aromatic nitrogens is 5. The highest BCUT2D eigenvalue weighted by Gasteiger charge is 2.19. The fourth-order valence-corrected chi connectivity index (χ4v) is 2.99. The fraction of sp³-hybridized carbons (Fsp3) is 0.474. The van der Waals surface area contributed by atoms with E-state index in [-0.39, 0.29) is 17.5 Å². The van der Waals surface area contributed by atoms with Crippen LogP contribution in [0.1, 0.15) is 42.7 Å². The minimum atomic E-state index is -0.110. The molecule has 27 heavy (non-hydrogen) atoms. The molecule has 3 rings (SSSR count). The molecule has 3 aromatic rings. The van der Waals surface area contributed by atoms with Crippen LogP contribution in [0.25, 0.3) is 5.65 Å². The van der Waals surface area contributed by atoms with Crippen LogP contribution in [0.2, 0.25) is 0 Å². The number of aryl methyl sites for hydroxylation is 1. The molecule has 0 saturated heterocycles. The first-order chi connectivity index (χ1) is 13.0. The van der Waals surface area contributed by atoms with E-state index in [1.165, 1.54) is 4.52 Å². The molecule has 3 heterocycles. The van der Waals surface area contributed by atoms with E-state index in [0.29, 0.717) is 25.2 Å². The maximum Gasteiger partial charge on any atom is 0.272 e. The van der Waals surface area contributed by atoms with E-state index in [9.17, 15) is 4.79 Å². The van der Waals surface area contributed by atoms with Gasteiger partial charge in [0.25, 0.3) is 5.56 Å². The molecule has 0 saturated carbocycles. The Bertz CT molecular complexity index is 945. The summed E-state index contributed by atoms with van der Waals surface area (Å²) in [6, 6.07) is 3.41. The lowest BCUT2D eigenvalue weighted by molar-refractivity contribution is 0.200. The zero-order valence-electron chi connectivity index (χ0n) is 16.2. The number of methoxy groups -OCH3 is 1. The second kappa shape index (κ2) is 8.41. The number of ether oxygens (including phenoxy) is 1. The first kappa shape index (κ1) is 19.2. The standard InChI is InChI=1S/C19H26N6O2/c1-12(2)19(15-8-18(26)25-17(23-15)7-13(3)24-25)22-11-14-9-20-16(21-10-14)5-6-27-4/h7-10,12,19,22,24H,5-6,11H2,1-4H3/t19-/m0/s1. The minimum absolute atomic E-state index is 0.0499. The van der Waals surface area contributed by atoms with Crippen LogP contribution in [0.4, 0.5) is 0 Å². The summed E-state index contributed by atoms with van der Waals surface area (Å²) in [6.07, 6.45) is 4.34. The molecule has 0 spiro atoms. The Morgan fingerprint density at radius 2 is 2.00 bits per heavy atom. The fourth-order valence-electron chi connectivity index (χ4n) is 2.99. The molecule has 0 aliphatic heterocycles. The Kier molecular flexibility index (Phi) is 5.98. The number of nitrogens with zero attached hydrogens (tertiary/aromatic N) is 4. The first-order valence-electron chi connectivity index (χ1n) is 9.09. The van der Waals surface area contributed by atoms with Gasteiger partial charge in [0.2, 0.25) is 0 Å². The molecule has 8 heteroatoms. The van der Waals surface area contributed by atoms with Crippen molar-refractivity contribution in [2.45, 2.75) is 39.8 Å². The molecular weight excluding hydrogens is 344 g/mol. The summed E-state index contributed by atoms with van der Waals surface area (Å²) in [7, 11) is 1.66. The van der Waals surface area contributed by atoms with Crippen LogP contribution < -0.4 is 10.9 Å². The zero-order valence-corrected chi connectivity index (χ0v) is 16.2. The van der Waals surface area contributed by atoms with Gasteiger partial charge >= 0.3 is 0 Å². The lowest BCUT2D eigenvalue weighted by Crippen LogP contribution is -2.28. The van der Waals surface area contributed by atoms with E-state index in [1.807, 2.05) is 25.4 Å². The molecule has 0 unspecified atom stereocenters. The van der Waals surface area contributed by atoms with Crippen LogP contribution in [0, 0.1) is 12.8 Å². The molecule has 0 fully saturated rings. The lowest BCUT2D eigenvalue weighted by atomic mass is 10.0. The molecule has 3 aromatic heterocycles. The topological polar surface area (TPSA) is 97.2 Å². The van der Waals surface area contributed by atoms with Crippen LogP contribution in [0.3, 0.4) is 0 Å². The van der Waals surface area contributed by atoms with Crippen molar-refractivity contribution >= 4 is 5.65 Å². The Morgan fingerprint density at radius 3 is 2.67 bits per heavy atom. The molecule has 2 N–H and O–H groups in total. The van der Waals surface area contributed by atoms with Gasteiger partial charge in [-0.1, -0.05) is 13.8 Å². The van der Waals surface area contributed by atoms with Gasteiger partial charge in [0.1, 0.15) is 5.82 Å². The summed E-state index contributed by atoms with van der Waals surface area (Å²) >= 11 is 0. The summed E-state index contributed by atoms with van der Waals surface area (Å²) in [4.78, 5) is 25.8. The molecule has 0 aliphatic rings. The molecule has 0 aromatic carbocycles. The quantitative estimate of drug-likeness (QED) is 0.627. The first-order valence-corrected chi connectivity index (χ1v) is 9.09. The van der Waals surface area contributed by atoms with Gasteiger partial charge < -0.3 is 10.1 Å². The third kappa shape index (κ3) is 4.58. The van der Waals surface area contributed by atoms with Gasteiger partial charge in [0.05, 0.1) is 18.3 Å². The van der Waals surface area contributed by atoms with Crippen molar-refractivity contribution in [2.75, 3.05) is 13.7 Å². The molecule has 0 radical (unpaired) electrons. The zero-order chi connectivity index (χ0) is 19.4. The number of hydrogen-bond acceptors (Lipinski definition) is 6. The van der Waals surface area contributed by atoms with E-state index in [0.717, 1.165) is 22.8 Å². The van der Waals surface area contributed by atoms with Crippen molar-refractivity contribution in [1.29, 1.82) is 0 Å². The number of fused-ring (bicyclic) bond motifs is 1. The van der Waals surface area contributed by atoms with Crippen molar-refractivity contribution in [2.24, 2.45) is 5.92 Å². The van der Waals surface area contributed by atoms with Crippen LogP contribution in [-0.2, 0) is 17.7 Å². The van der Waals surface area contributed by atoms with E-state index < -0.39 is 0 Å². The minimum Gasteiger partial charge on any atom is -0.384 e. The SMILES string of the molecule is COCCc1ncc(CN[C@H](c2cc(=O)n3[nH]c(C)cc3n2)C(C)C)cn1. The summed E-state index contributed by atoms with van der Waals surface area (Å²) < 4.78 is 6.50. The second-order valence-electron chi connectivity index (χ2n) is 7.00. The van der Waals surface area contributed by atoms with Crippen molar-refractivity contribution in [1.82, 2.24) is 29.9 Å². The predicted octanol–water partition coefficient (Wildman–Crippen LogP) is 1.80. The van der Waals surface area contributed by atoms with Crippen molar-refractivity contribution in [3.05, 3.63) is 57.7 Å². The largest absolute Gasteiger partial charge is 0.384 e. The van der Waals surface area contributed by atoms with E-state index >= 15 is 0 Å². The van der Waals surface area contributed by atoms with Gasteiger partial charge in [-0.15, -0.1) is 0 Å². The van der Waals surface area contributed by atoms with Crippen LogP contribution >= 0.6 is 0 Å². The maximum absolute atomic E-state index is 12.4. The molecular formula is C19H26N6O2. The average molecular weight is 370 g/mol. The van der Waals surface area contributed by atoms with Crippen molar-refractivity contribution in [3.63, 3.8) is 0 Å². The molecule has 0 aliphatic carbocycles. The van der Waals surface area contributed by atoms with Gasteiger partial charge in [-0.05, 0) is 12.8 Å². The van der Waals surface area contributed by atoms with E-state index in [1.54, 1.807) is 13.2 Å². The van der Waals surface area contributed by atoms with Gasteiger partial charge in [-0.3, -0.25) is 9.89 Å². The highest BCUT2D eigenvalue weighted by molar-refractivity contribution is 5.39. The van der Waals surface area contributed by atoms with Crippen LogP contribution in [0.5, 0.6) is 0 Å². The van der Waals surface area contributed by atoms with Gasteiger partial charge in [-0.25, -0.2) is 19.5 Å². The number of rotatable bonds is 8. The Balaban J connectivity index is 1.75. The molecule has 0 bridgehead atoms. The lowest BCUT2D eigenvalue weighted by Gasteiger charge is -2.22. The number of H-pyrrole nitrogens is 1. The third-order valence-corrected chi connectivity index (χ3v) is 4.40. The van der Waals surface area contributed by atoms with Gasteiger partial charge in [0, 0.05) is 55.9 Å². The Hall–Kier alpha value is -2.58. The molecule has 0 amide bonds. The number of nitrogens with one attached hydrogen (secondary N) is 2. The van der Waals surface area contributed by atoms with Crippen LogP contribution in [-0.4, -0.2) is 38.3 Å². The highest BCUT2D eigenvalue weighted by atomic mass is 16.5. The summed E-state index contributed by atoms with van der Waals surface area (Å²) in [5.74, 6) is 1.03. The summed E-state index contributed by atoms with van der Waals surface area (Å²) in [6.45, 7) is 7.32. The van der Waals surface area contributed by atoms with Gasteiger partial charge in [-0.2, -0.15) is 0 Å². The normalized spacial score (nSPS) is 12.8. The monoisotopic (exact) mass is 370 g/mol. The number of hydrogen-bond donors (Lipinski definition) is 2. The smallest absolute Gasteiger partial charge is 0.272 e. The Morgan fingerprint density at radius 1 is 1.26 bits per heavy atom. The summed E-state index contributed by atoms with van der Waals surface area (Å²) in [5, 5.41) is 6.48. The van der Waals surface area contributed by atoms with E-state index in [2.05, 4.69) is 39.2 Å². The molecule has 8 nitrogen and oxygen atoms in total. The van der Waals surface area contributed by atoms with E-state index in [4.69, 9.17) is 4.74 Å². The average Bonchev–Trinajstić information content (AvgIpc) is 3.02. The van der Waals surface area contributed by atoms with Crippen molar-refractivity contribution in [3.8, 4) is 0 Å². The number of aromatic amines is 1.